The van der Waals surface area contributed by atoms with Crippen molar-refractivity contribution in [3.63, 3.8) is 0 Å². The number of aromatic amines is 1. The van der Waals surface area contributed by atoms with Gasteiger partial charge in [-0.3, -0.25) is 0 Å². The number of aromatic nitrogens is 2. The van der Waals surface area contributed by atoms with Gasteiger partial charge in [-0.25, -0.2) is 9.37 Å². The van der Waals surface area contributed by atoms with Gasteiger partial charge in [-0.05, 0) is 23.6 Å². The first-order valence-corrected chi connectivity index (χ1v) is 5.86. The Bertz CT molecular complexity index is 613. The molecular weight excluding hydrogens is 223 g/mol. The molecule has 1 aromatic carbocycles. The number of nitrogens with zero attached hydrogens (tertiary/aromatic N) is 1. The normalized spacial score (nSPS) is 11.1. The first-order chi connectivity index (χ1) is 7.83. The highest BCUT2D eigenvalue weighted by Crippen LogP contribution is 2.18. The molecule has 0 saturated heterocycles. The summed E-state index contributed by atoms with van der Waals surface area (Å²) in [4.78, 5) is 8.62. The van der Waals surface area contributed by atoms with Crippen LogP contribution in [0.5, 0.6) is 0 Å². The van der Waals surface area contributed by atoms with Crippen LogP contribution < -0.4 is 0 Å². The number of nitrogens with one attached hydrogen (secondary N) is 1. The summed E-state index contributed by atoms with van der Waals surface area (Å²) in [6.07, 6.45) is 0.728. The second-order valence-corrected chi connectivity index (χ2v) is 4.61. The zero-order chi connectivity index (χ0) is 11.0. The molecule has 0 unspecified atom stereocenters. The number of rotatable bonds is 2. The molecule has 4 heteroatoms. The van der Waals surface area contributed by atoms with Crippen LogP contribution >= 0.6 is 11.3 Å². The third kappa shape index (κ3) is 1.61. The Morgan fingerprint density at radius 3 is 2.94 bits per heavy atom. The summed E-state index contributed by atoms with van der Waals surface area (Å²) >= 11 is 1.68. The SMILES string of the molecule is Fc1cccc2[nH]c(Cc3cccs3)nc12. The van der Waals surface area contributed by atoms with E-state index >= 15 is 0 Å². The van der Waals surface area contributed by atoms with Crippen LogP contribution in [-0.2, 0) is 6.42 Å². The van der Waals surface area contributed by atoms with Gasteiger partial charge in [-0.15, -0.1) is 11.3 Å². The van der Waals surface area contributed by atoms with Crippen LogP contribution in [0, 0.1) is 5.82 Å². The molecule has 0 aliphatic carbocycles. The Morgan fingerprint density at radius 1 is 1.25 bits per heavy atom. The van der Waals surface area contributed by atoms with Crippen molar-refractivity contribution in [2.24, 2.45) is 0 Å². The summed E-state index contributed by atoms with van der Waals surface area (Å²) in [7, 11) is 0. The van der Waals surface area contributed by atoms with Crippen LogP contribution in [0.2, 0.25) is 0 Å². The van der Waals surface area contributed by atoms with Gasteiger partial charge < -0.3 is 4.98 Å². The number of H-pyrrole nitrogens is 1. The lowest BCUT2D eigenvalue weighted by Gasteiger charge is -1.90. The molecule has 2 nitrogen and oxygen atoms in total. The van der Waals surface area contributed by atoms with Crippen molar-refractivity contribution < 1.29 is 4.39 Å². The molecule has 2 heterocycles. The highest BCUT2D eigenvalue weighted by Gasteiger charge is 2.07. The monoisotopic (exact) mass is 232 g/mol. The number of benzene rings is 1. The quantitative estimate of drug-likeness (QED) is 0.721. The van der Waals surface area contributed by atoms with E-state index in [1.54, 1.807) is 17.4 Å². The fourth-order valence-corrected chi connectivity index (χ4v) is 2.42. The number of fused-ring (bicyclic) bond motifs is 1. The van der Waals surface area contributed by atoms with E-state index in [-0.39, 0.29) is 5.82 Å². The van der Waals surface area contributed by atoms with Crippen molar-refractivity contribution >= 4 is 22.4 Å². The second-order valence-electron chi connectivity index (χ2n) is 3.58. The fourth-order valence-electron chi connectivity index (χ4n) is 1.71. The maximum Gasteiger partial charge on any atom is 0.151 e. The van der Waals surface area contributed by atoms with Crippen molar-refractivity contribution in [3.8, 4) is 0 Å². The Morgan fingerprint density at radius 2 is 2.19 bits per heavy atom. The van der Waals surface area contributed by atoms with Gasteiger partial charge in [0.05, 0.1) is 5.52 Å². The third-order valence-corrected chi connectivity index (χ3v) is 3.31. The van der Waals surface area contributed by atoms with E-state index in [1.165, 1.54) is 10.9 Å². The van der Waals surface area contributed by atoms with Gasteiger partial charge in [0.2, 0.25) is 0 Å². The predicted molar refractivity (Wildman–Crippen MR) is 63.2 cm³/mol. The van der Waals surface area contributed by atoms with Gasteiger partial charge >= 0.3 is 0 Å². The largest absolute Gasteiger partial charge is 0.342 e. The molecule has 0 aliphatic heterocycles. The summed E-state index contributed by atoms with van der Waals surface area (Å²) in [6, 6.07) is 9.00. The zero-order valence-electron chi connectivity index (χ0n) is 8.40. The van der Waals surface area contributed by atoms with Gasteiger partial charge in [-0.2, -0.15) is 0 Å². The summed E-state index contributed by atoms with van der Waals surface area (Å²) in [5, 5.41) is 2.03. The minimum atomic E-state index is -0.272. The number of halogens is 1. The third-order valence-electron chi connectivity index (χ3n) is 2.43. The molecule has 0 saturated carbocycles. The Balaban J connectivity index is 2.02. The van der Waals surface area contributed by atoms with Crippen molar-refractivity contribution in [3.05, 3.63) is 52.2 Å². The van der Waals surface area contributed by atoms with E-state index in [0.29, 0.717) is 5.52 Å². The molecule has 80 valence electrons. The highest BCUT2D eigenvalue weighted by molar-refractivity contribution is 7.09. The Labute approximate surface area is 95.8 Å². The van der Waals surface area contributed by atoms with Crippen LogP contribution in [0.15, 0.2) is 35.7 Å². The van der Waals surface area contributed by atoms with Crippen molar-refractivity contribution in [2.75, 3.05) is 0 Å². The van der Waals surface area contributed by atoms with Crippen molar-refractivity contribution in [2.45, 2.75) is 6.42 Å². The molecule has 3 aromatic rings. The number of hydrogen-bond donors (Lipinski definition) is 1. The zero-order valence-corrected chi connectivity index (χ0v) is 9.22. The molecule has 16 heavy (non-hydrogen) atoms. The van der Waals surface area contributed by atoms with Crippen LogP contribution in [0.25, 0.3) is 11.0 Å². The van der Waals surface area contributed by atoms with Crippen LogP contribution in [0.1, 0.15) is 10.7 Å². The smallest absolute Gasteiger partial charge is 0.151 e. The average molecular weight is 232 g/mol. The highest BCUT2D eigenvalue weighted by atomic mass is 32.1. The molecule has 0 radical (unpaired) electrons. The van der Waals surface area contributed by atoms with Crippen LogP contribution in [0.4, 0.5) is 4.39 Å². The molecule has 1 N–H and O–H groups in total. The van der Waals surface area contributed by atoms with Gasteiger partial charge in [-0.1, -0.05) is 12.1 Å². The lowest BCUT2D eigenvalue weighted by Crippen LogP contribution is -1.86. The minimum absolute atomic E-state index is 0.272. The molecule has 0 bridgehead atoms. The standard InChI is InChI=1S/C12H9FN2S/c13-9-4-1-5-10-12(9)15-11(14-10)7-8-3-2-6-16-8/h1-6H,7H2,(H,14,15). The summed E-state index contributed by atoms with van der Waals surface area (Å²) in [5.41, 5.74) is 1.18. The van der Waals surface area contributed by atoms with E-state index < -0.39 is 0 Å². The number of imidazole rings is 1. The van der Waals surface area contributed by atoms with E-state index in [0.717, 1.165) is 17.8 Å². The Hall–Kier alpha value is -1.68. The maximum atomic E-state index is 13.4. The molecule has 0 spiro atoms. The molecule has 2 aromatic heterocycles. The average Bonchev–Trinajstić information content (AvgIpc) is 2.88. The topological polar surface area (TPSA) is 28.7 Å². The molecule has 0 aliphatic rings. The second kappa shape index (κ2) is 3.72. The van der Waals surface area contributed by atoms with Crippen molar-refractivity contribution in [1.82, 2.24) is 9.97 Å². The first kappa shape index (κ1) is 9.54. The number of para-hydroxylation sites is 1. The van der Waals surface area contributed by atoms with Gasteiger partial charge in [0.1, 0.15) is 11.3 Å². The van der Waals surface area contributed by atoms with Gasteiger partial charge in [0.25, 0.3) is 0 Å². The summed E-state index contributed by atoms with van der Waals surface area (Å²) < 4.78 is 13.4. The van der Waals surface area contributed by atoms with Gasteiger partial charge in [0, 0.05) is 11.3 Å². The number of hydrogen-bond acceptors (Lipinski definition) is 2. The number of thiophene rings is 1. The lowest BCUT2D eigenvalue weighted by molar-refractivity contribution is 0.637. The molecule has 0 amide bonds. The lowest BCUT2D eigenvalue weighted by atomic mass is 10.3. The van der Waals surface area contributed by atoms with E-state index in [4.69, 9.17) is 0 Å². The summed E-state index contributed by atoms with van der Waals surface area (Å²) in [6.45, 7) is 0. The molecule has 0 fully saturated rings. The minimum Gasteiger partial charge on any atom is -0.342 e. The van der Waals surface area contributed by atoms with Crippen LogP contribution in [0.3, 0.4) is 0 Å². The molecule has 0 atom stereocenters. The first-order valence-electron chi connectivity index (χ1n) is 4.98. The van der Waals surface area contributed by atoms with E-state index in [1.807, 2.05) is 23.6 Å². The Kier molecular flexibility index (Phi) is 2.22. The fraction of sp³-hybridized carbons (Fsp3) is 0.0833. The van der Waals surface area contributed by atoms with Crippen molar-refractivity contribution in [1.29, 1.82) is 0 Å². The predicted octanol–water partition coefficient (Wildman–Crippen LogP) is 3.35. The summed E-state index contributed by atoms with van der Waals surface area (Å²) in [5.74, 6) is 0.536. The van der Waals surface area contributed by atoms with Gasteiger partial charge in [0.15, 0.2) is 5.82 Å². The maximum absolute atomic E-state index is 13.4. The van der Waals surface area contributed by atoms with E-state index in [2.05, 4.69) is 9.97 Å². The van der Waals surface area contributed by atoms with E-state index in [9.17, 15) is 4.39 Å². The van der Waals surface area contributed by atoms with Crippen LogP contribution in [-0.4, -0.2) is 9.97 Å². The molecular formula is C12H9FN2S. The molecule has 3 rings (SSSR count).